The number of nitrogens with zero attached hydrogens (tertiary/aromatic N) is 3. The van der Waals surface area contributed by atoms with Gasteiger partial charge in [-0.15, -0.1) is 0 Å². The van der Waals surface area contributed by atoms with Gasteiger partial charge in [0.15, 0.2) is 12.1 Å². The number of Topliss-reactive ketones (excluding diaryl/α,β-unsaturated/α-hetero) is 1. The molecule has 0 saturated carbocycles. The molecule has 0 spiro atoms. The number of carbonyl (C=O) groups excluding carboxylic acids is 2. The molecule has 2 saturated heterocycles. The Morgan fingerprint density at radius 3 is 2.18 bits per heavy atom. The highest BCUT2D eigenvalue weighted by Gasteiger charge is 2.51. The van der Waals surface area contributed by atoms with Crippen molar-refractivity contribution >= 4 is 23.2 Å². The predicted octanol–water partition coefficient (Wildman–Crippen LogP) is 2.99. The summed E-state index contributed by atoms with van der Waals surface area (Å²) < 4.78 is 24.5. The summed E-state index contributed by atoms with van der Waals surface area (Å²) in [6.45, 7) is 17.3. The quantitative estimate of drug-likeness (QED) is 0.170. The smallest absolute Gasteiger partial charge is 0.316 e. The summed E-state index contributed by atoms with van der Waals surface area (Å²) in [4.78, 5) is 29.3. The van der Waals surface area contributed by atoms with Gasteiger partial charge in [-0.1, -0.05) is 27.7 Å². The molecule has 0 amide bonds. The van der Waals surface area contributed by atoms with Gasteiger partial charge in [-0.2, -0.15) is 10.2 Å². The van der Waals surface area contributed by atoms with Crippen molar-refractivity contribution in [3.8, 4) is 0 Å². The average molecular weight is 642 g/mol. The van der Waals surface area contributed by atoms with Crippen molar-refractivity contribution < 1.29 is 43.9 Å². The monoisotopic (exact) mass is 641 g/mol. The van der Waals surface area contributed by atoms with Gasteiger partial charge in [0.1, 0.15) is 23.7 Å². The number of rotatable bonds is 6. The Labute approximate surface area is 269 Å². The van der Waals surface area contributed by atoms with Crippen LogP contribution in [0, 0.1) is 23.7 Å². The molecule has 0 bridgehead atoms. The number of likely N-dealkylation sites (N-methyl/N-ethyl adjacent to an activating group) is 1. The summed E-state index contributed by atoms with van der Waals surface area (Å²) in [6, 6.07) is -0.250. The summed E-state index contributed by atoms with van der Waals surface area (Å²) in [5.41, 5.74) is -1.85. The molecule has 4 unspecified atom stereocenters. The standard InChI is InChI=1S/C33H59N3O9/c1-14-24-33(10,41)28(39)20(6)25(35-34-17(2)3)18(4)16-32(9,42-13)29(21(7)26(37)22(8)30(40)44-24)45-31-27(38)23(36(11)12)15-19(5)43-31/h18-24,27-29,31,38-39,41H,14-16H2,1-13H3/b35-25+/t18-,19?,20+,21+,22-,23?,24-,27?,28-,29-,31?,32-,33-/m1/s1. The van der Waals surface area contributed by atoms with Crippen molar-refractivity contribution in [3.63, 3.8) is 0 Å². The molecule has 2 fully saturated rings. The fraction of sp³-hybridized carbons (Fsp3) is 0.879. The Hall–Kier alpha value is -1.80. The van der Waals surface area contributed by atoms with E-state index in [-0.39, 0.29) is 30.9 Å². The first-order valence-electron chi connectivity index (χ1n) is 16.2. The first-order valence-corrected chi connectivity index (χ1v) is 16.2. The van der Waals surface area contributed by atoms with E-state index in [9.17, 15) is 24.9 Å². The Kier molecular flexibility index (Phi) is 13.9. The number of hydrogen-bond acceptors (Lipinski definition) is 12. The minimum Gasteiger partial charge on any atom is -0.459 e. The van der Waals surface area contributed by atoms with E-state index in [1.165, 1.54) is 21.0 Å². The summed E-state index contributed by atoms with van der Waals surface area (Å²) in [7, 11) is 5.27. The van der Waals surface area contributed by atoms with E-state index in [0.29, 0.717) is 17.8 Å². The van der Waals surface area contributed by atoms with Crippen molar-refractivity contribution in [2.75, 3.05) is 21.2 Å². The molecule has 2 rings (SSSR count). The molecule has 45 heavy (non-hydrogen) atoms. The molecule has 12 heteroatoms. The van der Waals surface area contributed by atoms with E-state index in [1.54, 1.807) is 34.6 Å². The molecule has 0 aromatic carbocycles. The Bertz CT molecular complexity index is 1080. The Morgan fingerprint density at radius 2 is 1.67 bits per heavy atom. The lowest BCUT2D eigenvalue weighted by Crippen LogP contribution is -2.60. The van der Waals surface area contributed by atoms with Crippen molar-refractivity contribution in [2.45, 2.75) is 143 Å². The van der Waals surface area contributed by atoms with Gasteiger partial charge >= 0.3 is 5.97 Å². The maximum absolute atomic E-state index is 14.0. The van der Waals surface area contributed by atoms with E-state index in [2.05, 4.69) is 10.2 Å². The number of carbonyl (C=O) groups is 2. The molecule has 3 N–H and O–H groups in total. The third-order valence-electron chi connectivity index (χ3n) is 9.71. The van der Waals surface area contributed by atoms with Crippen LogP contribution in [0.5, 0.6) is 0 Å². The lowest BCUT2D eigenvalue weighted by molar-refractivity contribution is -0.295. The zero-order chi connectivity index (χ0) is 34.6. The van der Waals surface area contributed by atoms with Crippen LogP contribution in [0.3, 0.4) is 0 Å². The molecular formula is C33H59N3O9. The van der Waals surface area contributed by atoms with Gasteiger partial charge in [0, 0.05) is 36.4 Å². The van der Waals surface area contributed by atoms with Crippen LogP contribution >= 0.6 is 0 Å². The molecule has 13 atom stereocenters. The molecule has 260 valence electrons. The van der Waals surface area contributed by atoms with Crippen LogP contribution in [-0.4, -0.2) is 119 Å². The molecule has 0 radical (unpaired) electrons. The van der Waals surface area contributed by atoms with E-state index < -0.39 is 71.4 Å². The molecule has 0 aromatic heterocycles. The summed E-state index contributed by atoms with van der Waals surface area (Å²) in [5, 5.41) is 43.3. The SMILES string of the molecule is CC[C@H]1OC(=O)[C@H](C)C(=O)[C@H](C)[C@@H](OC2OC(C)CC(N(C)C)C2O)[C@](C)(OC)C[C@@H](C)/C(=N\N=C(C)C)[C@H](C)[C@@H](O)[C@]1(C)O. The van der Waals surface area contributed by atoms with Gasteiger partial charge < -0.3 is 39.2 Å². The number of aliphatic hydroxyl groups excluding tert-OH is 2. The molecule has 2 heterocycles. The third-order valence-corrected chi connectivity index (χ3v) is 9.71. The van der Waals surface area contributed by atoms with E-state index in [0.717, 1.165) is 0 Å². The third kappa shape index (κ3) is 8.97. The second-order valence-electron chi connectivity index (χ2n) is 14.0. The van der Waals surface area contributed by atoms with Gasteiger partial charge in [0.05, 0.1) is 23.9 Å². The number of aliphatic hydroxyl groups is 3. The summed E-state index contributed by atoms with van der Waals surface area (Å²) in [5.74, 6) is -4.49. The van der Waals surface area contributed by atoms with Crippen LogP contribution in [0.15, 0.2) is 10.2 Å². The first-order chi connectivity index (χ1) is 20.7. The van der Waals surface area contributed by atoms with Gasteiger partial charge in [-0.25, -0.2) is 0 Å². The van der Waals surface area contributed by atoms with E-state index in [4.69, 9.17) is 18.9 Å². The lowest BCUT2D eigenvalue weighted by atomic mass is 9.74. The fourth-order valence-corrected chi connectivity index (χ4v) is 6.79. The molecule has 12 nitrogen and oxygen atoms in total. The number of esters is 1. The lowest BCUT2D eigenvalue weighted by Gasteiger charge is -2.47. The van der Waals surface area contributed by atoms with Gasteiger partial charge in [0.25, 0.3) is 0 Å². The van der Waals surface area contributed by atoms with Gasteiger partial charge in [0.2, 0.25) is 0 Å². The maximum atomic E-state index is 14.0. The molecule has 2 aliphatic rings. The highest BCUT2D eigenvalue weighted by Crippen LogP contribution is 2.38. The van der Waals surface area contributed by atoms with Crippen LogP contribution < -0.4 is 0 Å². The number of cyclic esters (lactones) is 1. The zero-order valence-corrected chi connectivity index (χ0v) is 29.6. The Balaban J connectivity index is 2.75. The van der Waals surface area contributed by atoms with E-state index >= 15 is 0 Å². The minimum atomic E-state index is -1.86. The van der Waals surface area contributed by atoms with Crippen molar-refractivity contribution in [1.29, 1.82) is 0 Å². The topological polar surface area (TPSA) is 160 Å². The zero-order valence-electron chi connectivity index (χ0n) is 29.6. The van der Waals surface area contributed by atoms with Crippen molar-refractivity contribution in [2.24, 2.45) is 33.9 Å². The van der Waals surface area contributed by atoms with Gasteiger partial charge in [-0.3, -0.25) is 9.59 Å². The molecule has 2 aliphatic heterocycles. The predicted molar refractivity (Wildman–Crippen MR) is 172 cm³/mol. The second kappa shape index (κ2) is 15.9. The normalized spacial score (nSPS) is 43.6. The first kappa shape index (κ1) is 39.4. The highest BCUT2D eigenvalue weighted by molar-refractivity contribution is 6.00. The van der Waals surface area contributed by atoms with Crippen LogP contribution in [-0.2, 0) is 28.5 Å². The Morgan fingerprint density at radius 1 is 1.07 bits per heavy atom. The minimum absolute atomic E-state index is 0.197. The molecular weight excluding hydrogens is 582 g/mol. The van der Waals surface area contributed by atoms with Crippen molar-refractivity contribution in [3.05, 3.63) is 0 Å². The number of ether oxygens (including phenoxy) is 4. The maximum Gasteiger partial charge on any atom is 0.316 e. The molecule has 0 aliphatic carbocycles. The number of ketones is 1. The number of hydrogen-bond donors (Lipinski definition) is 3. The van der Waals surface area contributed by atoms with Gasteiger partial charge in [-0.05, 0) is 80.8 Å². The molecule has 0 aromatic rings. The fourth-order valence-electron chi connectivity index (χ4n) is 6.79. The van der Waals surface area contributed by atoms with Crippen LogP contribution in [0.2, 0.25) is 0 Å². The second-order valence-corrected chi connectivity index (χ2v) is 14.0. The van der Waals surface area contributed by atoms with E-state index in [1.807, 2.05) is 39.8 Å². The van der Waals surface area contributed by atoms with Crippen LogP contribution in [0.25, 0.3) is 0 Å². The van der Waals surface area contributed by atoms with Crippen LogP contribution in [0.4, 0.5) is 0 Å². The largest absolute Gasteiger partial charge is 0.459 e. The summed E-state index contributed by atoms with van der Waals surface area (Å²) in [6.07, 6.45) is -4.76. The number of methoxy groups -OCH3 is 1. The van der Waals surface area contributed by atoms with Crippen LogP contribution in [0.1, 0.15) is 88.5 Å². The summed E-state index contributed by atoms with van der Waals surface area (Å²) >= 11 is 0. The van der Waals surface area contributed by atoms with Crippen molar-refractivity contribution in [1.82, 2.24) is 4.90 Å². The highest BCUT2D eigenvalue weighted by atomic mass is 16.7. The average Bonchev–Trinajstić information content (AvgIpc) is 2.97.